The second-order valence-electron chi connectivity index (χ2n) is 6.01. The number of ether oxygens (including phenoxy) is 4. The summed E-state index contributed by atoms with van der Waals surface area (Å²) in [6.45, 7) is 0.841. The largest absolute Gasteiger partial charge is 0.391 e. The van der Waals surface area contributed by atoms with Crippen LogP contribution in [0.3, 0.4) is 0 Å². The average molecular weight is 328 g/mol. The van der Waals surface area contributed by atoms with Crippen LogP contribution in [0.5, 0.6) is 0 Å². The molecule has 1 aromatic heterocycles. The molecule has 3 unspecified atom stereocenters. The molecule has 0 aliphatic carbocycles. The van der Waals surface area contributed by atoms with Crippen molar-refractivity contribution < 1.29 is 29.2 Å². The molecule has 2 aliphatic heterocycles. The Labute approximate surface area is 134 Å². The highest BCUT2D eigenvalue weighted by atomic mass is 16.7. The van der Waals surface area contributed by atoms with Gasteiger partial charge in [-0.1, -0.05) is 0 Å². The van der Waals surface area contributed by atoms with Crippen LogP contribution in [0, 0.1) is 0 Å². The number of nitrogens with one attached hydrogen (secondary N) is 1. The first kappa shape index (κ1) is 16.8. The van der Waals surface area contributed by atoms with Gasteiger partial charge < -0.3 is 34.1 Å². The normalized spacial score (nSPS) is 35.8. The van der Waals surface area contributed by atoms with Gasteiger partial charge in [-0.3, -0.25) is 0 Å². The molecule has 2 saturated heterocycles. The summed E-state index contributed by atoms with van der Waals surface area (Å²) < 4.78 is 22.7. The molecule has 130 valence electrons. The Balaban J connectivity index is 1.49. The van der Waals surface area contributed by atoms with Gasteiger partial charge in [0.05, 0.1) is 50.2 Å². The van der Waals surface area contributed by atoms with Crippen molar-refractivity contribution in [1.29, 1.82) is 0 Å². The highest BCUT2D eigenvalue weighted by Gasteiger charge is 2.30. The Kier molecular flexibility index (Phi) is 5.98. The maximum absolute atomic E-state index is 9.94. The average Bonchev–Trinajstić information content (AvgIpc) is 2.99. The lowest BCUT2D eigenvalue weighted by Crippen LogP contribution is -2.35. The quantitative estimate of drug-likeness (QED) is 0.714. The van der Waals surface area contributed by atoms with Crippen LogP contribution < -0.4 is 0 Å². The molecule has 0 amide bonds. The fraction of sp³-hybridized carbons (Fsp3) is 0.800. The van der Waals surface area contributed by atoms with Crippen LogP contribution >= 0.6 is 0 Å². The third-order valence-electron chi connectivity index (χ3n) is 3.99. The van der Waals surface area contributed by atoms with E-state index in [1.165, 1.54) is 0 Å². The first-order chi connectivity index (χ1) is 11.2. The van der Waals surface area contributed by atoms with Gasteiger partial charge in [-0.15, -0.1) is 0 Å². The van der Waals surface area contributed by atoms with E-state index in [1.54, 1.807) is 12.5 Å². The van der Waals surface area contributed by atoms with Crippen molar-refractivity contribution >= 4 is 0 Å². The molecular weight excluding hydrogens is 304 g/mol. The smallest absolute Gasteiger partial charge is 0.160 e. The summed E-state index contributed by atoms with van der Waals surface area (Å²) in [4.78, 5) is 6.97. The zero-order valence-corrected chi connectivity index (χ0v) is 13.0. The Hall–Kier alpha value is -1.03. The van der Waals surface area contributed by atoms with Crippen molar-refractivity contribution in [3.63, 3.8) is 0 Å². The van der Waals surface area contributed by atoms with E-state index in [1.807, 2.05) is 0 Å². The zero-order valence-electron chi connectivity index (χ0n) is 13.0. The van der Waals surface area contributed by atoms with Crippen LogP contribution in [-0.4, -0.2) is 64.3 Å². The molecule has 2 fully saturated rings. The van der Waals surface area contributed by atoms with Crippen LogP contribution in [0.1, 0.15) is 31.4 Å². The van der Waals surface area contributed by atoms with Crippen molar-refractivity contribution in [2.75, 3.05) is 13.2 Å². The molecule has 8 nitrogen and oxygen atoms in total. The lowest BCUT2D eigenvalue weighted by molar-refractivity contribution is -0.222. The lowest BCUT2D eigenvalue weighted by Gasteiger charge is -2.30. The molecule has 3 heterocycles. The lowest BCUT2D eigenvalue weighted by atomic mass is 10.1. The van der Waals surface area contributed by atoms with Gasteiger partial charge in [0.25, 0.3) is 0 Å². The second kappa shape index (κ2) is 8.18. The Morgan fingerprint density at radius 2 is 1.96 bits per heavy atom. The van der Waals surface area contributed by atoms with Crippen LogP contribution in [0.4, 0.5) is 0 Å². The number of aromatic nitrogens is 2. The predicted octanol–water partition coefficient (Wildman–Crippen LogP) is 0.306. The van der Waals surface area contributed by atoms with Crippen LogP contribution in [-0.2, 0) is 25.6 Å². The van der Waals surface area contributed by atoms with Gasteiger partial charge in [0, 0.05) is 25.5 Å². The minimum absolute atomic E-state index is 0.211. The molecule has 8 heteroatoms. The summed E-state index contributed by atoms with van der Waals surface area (Å²) >= 11 is 0. The number of rotatable bonds is 5. The third kappa shape index (κ3) is 5.23. The summed E-state index contributed by atoms with van der Waals surface area (Å²) in [6.07, 6.45) is 3.65. The number of H-pyrrole nitrogens is 1. The molecule has 23 heavy (non-hydrogen) atoms. The van der Waals surface area contributed by atoms with Gasteiger partial charge in [-0.2, -0.15) is 0 Å². The highest BCUT2D eigenvalue weighted by Crippen LogP contribution is 2.24. The number of aliphatic hydroxyl groups excluding tert-OH is 2. The van der Waals surface area contributed by atoms with Crippen molar-refractivity contribution in [3.05, 3.63) is 18.2 Å². The van der Waals surface area contributed by atoms with Gasteiger partial charge in [0.2, 0.25) is 0 Å². The molecule has 3 N–H and O–H groups in total. The SMILES string of the molecule is OC1CCC(OC2C[C@H](O)CO[C@@H](OCc3c[nH]cn3)C2)OC1. The maximum Gasteiger partial charge on any atom is 0.160 e. The summed E-state index contributed by atoms with van der Waals surface area (Å²) in [7, 11) is 0. The maximum atomic E-state index is 9.94. The predicted molar refractivity (Wildman–Crippen MR) is 78.2 cm³/mol. The highest BCUT2D eigenvalue weighted by molar-refractivity contribution is 4.91. The number of hydrogen-bond acceptors (Lipinski definition) is 7. The molecule has 0 aromatic carbocycles. The summed E-state index contributed by atoms with van der Waals surface area (Å²) in [5.74, 6) is 0. The van der Waals surface area contributed by atoms with E-state index in [0.29, 0.717) is 32.3 Å². The minimum Gasteiger partial charge on any atom is -0.391 e. The number of nitrogens with zero attached hydrogens (tertiary/aromatic N) is 1. The standard InChI is InChI=1S/C15H24N2O6/c18-11-1-2-14(21-7-11)23-13-3-12(19)8-22-15(4-13)20-6-10-5-16-9-17-10/h5,9,11-15,18-19H,1-4,6-8H2,(H,16,17)/t11?,12-,13?,14?,15+/m0/s1. The number of aromatic amines is 1. The first-order valence-corrected chi connectivity index (χ1v) is 8.03. The number of aliphatic hydroxyl groups is 2. The fourth-order valence-electron chi connectivity index (χ4n) is 2.78. The van der Waals surface area contributed by atoms with Gasteiger partial charge in [-0.25, -0.2) is 4.98 Å². The molecule has 0 radical (unpaired) electrons. The molecule has 1 aromatic rings. The molecular formula is C15H24N2O6. The Morgan fingerprint density at radius 3 is 2.70 bits per heavy atom. The summed E-state index contributed by atoms with van der Waals surface area (Å²) in [5, 5.41) is 19.4. The van der Waals surface area contributed by atoms with Crippen LogP contribution in [0.15, 0.2) is 12.5 Å². The monoisotopic (exact) mass is 328 g/mol. The van der Waals surface area contributed by atoms with E-state index in [2.05, 4.69) is 9.97 Å². The second-order valence-corrected chi connectivity index (χ2v) is 6.01. The van der Waals surface area contributed by atoms with E-state index in [-0.39, 0.29) is 25.6 Å². The Bertz CT molecular complexity index is 449. The molecule has 0 saturated carbocycles. The summed E-state index contributed by atoms with van der Waals surface area (Å²) in [5.41, 5.74) is 0.792. The van der Waals surface area contributed by atoms with E-state index < -0.39 is 18.5 Å². The van der Waals surface area contributed by atoms with Gasteiger partial charge in [0.15, 0.2) is 12.6 Å². The first-order valence-electron chi connectivity index (χ1n) is 8.03. The van der Waals surface area contributed by atoms with Crippen LogP contribution in [0.2, 0.25) is 0 Å². The molecule has 0 bridgehead atoms. The van der Waals surface area contributed by atoms with Crippen molar-refractivity contribution in [2.24, 2.45) is 0 Å². The Morgan fingerprint density at radius 1 is 1.13 bits per heavy atom. The zero-order chi connectivity index (χ0) is 16.1. The van der Waals surface area contributed by atoms with Gasteiger partial charge in [0.1, 0.15) is 0 Å². The van der Waals surface area contributed by atoms with Crippen molar-refractivity contribution in [1.82, 2.24) is 9.97 Å². The number of hydrogen-bond donors (Lipinski definition) is 3. The van der Waals surface area contributed by atoms with E-state index in [9.17, 15) is 10.2 Å². The van der Waals surface area contributed by atoms with Crippen LogP contribution in [0.25, 0.3) is 0 Å². The van der Waals surface area contributed by atoms with E-state index in [4.69, 9.17) is 18.9 Å². The summed E-state index contributed by atoms with van der Waals surface area (Å²) in [6, 6.07) is 0. The van der Waals surface area contributed by atoms with Gasteiger partial charge in [-0.05, 0) is 6.42 Å². The van der Waals surface area contributed by atoms with E-state index in [0.717, 1.165) is 5.69 Å². The van der Waals surface area contributed by atoms with E-state index >= 15 is 0 Å². The topological polar surface area (TPSA) is 106 Å². The molecule has 2 aliphatic rings. The fourth-order valence-corrected chi connectivity index (χ4v) is 2.78. The molecule has 3 rings (SSSR count). The van der Waals surface area contributed by atoms with Crippen molar-refractivity contribution in [3.8, 4) is 0 Å². The van der Waals surface area contributed by atoms with Gasteiger partial charge >= 0.3 is 0 Å². The molecule has 0 spiro atoms. The van der Waals surface area contributed by atoms with Crippen molar-refractivity contribution in [2.45, 2.75) is 63.2 Å². The number of imidazole rings is 1. The minimum atomic E-state index is -0.590. The molecule has 5 atom stereocenters. The third-order valence-corrected chi connectivity index (χ3v) is 3.99.